The summed E-state index contributed by atoms with van der Waals surface area (Å²) < 4.78 is 0. The van der Waals surface area contributed by atoms with E-state index in [1.54, 1.807) is 0 Å². The van der Waals surface area contributed by atoms with Gasteiger partial charge in [-0.3, -0.25) is 9.89 Å². The molecule has 0 bridgehead atoms. The van der Waals surface area contributed by atoms with Crippen LogP contribution in [-0.4, -0.2) is 30.5 Å². The summed E-state index contributed by atoms with van der Waals surface area (Å²) in [5.74, 6) is 0.171. The third kappa shape index (κ3) is 3.20. The van der Waals surface area contributed by atoms with E-state index in [4.69, 9.17) is 11.5 Å². The van der Waals surface area contributed by atoms with Crippen molar-refractivity contribution in [2.75, 3.05) is 19.6 Å². The molecule has 1 aliphatic rings. The fourth-order valence-corrected chi connectivity index (χ4v) is 2.35. The van der Waals surface area contributed by atoms with Crippen molar-refractivity contribution < 1.29 is 0 Å². The van der Waals surface area contributed by atoms with Crippen LogP contribution in [0, 0.1) is 0 Å². The lowest BCUT2D eigenvalue weighted by atomic mass is 10.1. The van der Waals surface area contributed by atoms with E-state index in [1.165, 1.54) is 18.4 Å². The number of hydrogen-bond donors (Lipinski definition) is 2. The molecular formula is C13H20N4. The van der Waals surface area contributed by atoms with Gasteiger partial charge in [-0.25, -0.2) is 0 Å². The summed E-state index contributed by atoms with van der Waals surface area (Å²) in [5.41, 5.74) is 12.1. The Morgan fingerprint density at radius 2 is 1.82 bits per heavy atom. The van der Waals surface area contributed by atoms with E-state index in [0.29, 0.717) is 12.6 Å². The van der Waals surface area contributed by atoms with Crippen molar-refractivity contribution in [3.63, 3.8) is 0 Å². The fraction of sp³-hybridized carbons (Fsp3) is 0.462. The first-order chi connectivity index (χ1) is 8.27. The highest BCUT2D eigenvalue weighted by atomic mass is 15.2. The molecule has 0 radical (unpaired) electrons. The average molecular weight is 232 g/mol. The van der Waals surface area contributed by atoms with Crippen molar-refractivity contribution in [2.45, 2.75) is 18.9 Å². The minimum atomic E-state index is 0.171. The zero-order chi connectivity index (χ0) is 12.1. The normalized spacial score (nSPS) is 17.9. The zero-order valence-electron chi connectivity index (χ0n) is 10.0. The fourth-order valence-electron chi connectivity index (χ4n) is 2.35. The van der Waals surface area contributed by atoms with Gasteiger partial charge >= 0.3 is 0 Å². The lowest BCUT2D eigenvalue weighted by molar-refractivity contribution is 0.252. The average Bonchev–Trinajstić information content (AvgIpc) is 2.84. The molecule has 1 saturated heterocycles. The number of aliphatic imine (C=N–C) groups is 1. The number of benzene rings is 1. The van der Waals surface area contributed by atoms with Crippen molar-refractivity contribution in [1.82, 2.24) is 4.90 Å². The number of hydrogen-bond acceptors (Lipinski definition) is 2. The lowest BCUT2D eigenvalue weighted by Gasteiger charge is -2.26. The Hall–Kier alpha value is -1.55. The highest BCUT2D eigenvalue weighted by Gasteiger charge is 2.22. The van der Waals surface area contributed by atoms with Crippen molar-refractivity contribution in [3.8, 4) is 0 Å². The van der Waals surface area contributed by atoms with Crippen LogP contribution in [0.1, 0.15) is 24.4 Å². The highest BCUT2D eigenvalue weighted by molar-refractivity contribution is 5.75. The van der Waals surface area contributed by atoms with Gasteiger partial charge in [-0.2, -0.15) is 0 Å². The number of nitrogens with two attached hydrogens (primary N) is 2. The summed E-state index contributed by atoms with van der Waals surface area (Å²) in [5, 5.41) is 0. The summed E-state index contributed by atoms with van der Waals surface area (Å²) in [6.07, 6.45) is 2.54. The number of rotatable bonds is 4. The van der Waals surface area contributed by atoms with E-state index in [1.807, 2.05) is 6.07 Å². The molecule has 0 spiro atoms. The van der Waals surface area contributed by atoms with E-state index in [9.17, 15) is 0 Å². The molecule has 1 fully saturated rings. The molecule has 1 heterocycles. The van der Waals surface area contributed by atoms with Crippen LogP contribution >= 0.6 is 0 Å². The van der Waals surface area contributed by atoms with Crippen molar-refractivity contribution >= 4 is 5.96 Å². The van der Waals surface area contributed by atoms with Gasteiger partial charge in [0.05, 0.1) is 12.6 Å². The molecule has 92 valence electrons. The Morgan fingerprint density at radius 1 is 1.18 bits per heavy atom. The van der Waals surface area contributed by atoms with Gasteiger partial charge in [-0.05, 0) is 31.5 Å². The summed E-state index contributed by atoms with van der Waals surface area (Å²) in [7, 11) is 0. The second kappa shape index (κ2) is 5.68. The zero-order valence-corrected chi connectivity index (χ0v) is 10.0. The molecule has 1 aliphatic heterocycles. The summed E-state index contributed by atoms with van der Waals surface area (Å²) in [6.45, 7) is 2.92. The van der Waals surface area contributed by atoms with Crippen LogP contribution in [0.15, 0.2) is 35.3 Å². The van der Waals surface area contributed by atoms with Gasteiger partial charge < -0.3 is 11.5 Å². The molecule has 1 unspecified atom stereocenters. The molecule has 0 aromatic heterocycles. The van der Waals surface area contributed by atoms with Crippen LogP contribution in [0.5, 0.6) is 0 Å². The molecule has 0 saturated carbocycles. The number of guanidine groups is 1. The quantitative estimate of drug-likeness (QED) is 0.603. The van der Waals surface area contributed by atoms with E-state index in [-0.39, 0.29) is 5.96 Å². The Balaban J connectivity index is 2.14. The lowest BCUT2D eigenvalue weighted by Crippen LogP contribution is -2.30. The van der Waals surface area contributed by atoms with E-state index >= 15 is 0 Å². The van der Waals surface area contributed by atoms with Crippen LogP contribution in [-0.2, 0) is 0 Å². The molecular weight excluding hydrogens is 212 g/mol. The minimum absolute atomic E-state index is 0.171. The molecule has 1 aromatic rings. The molecule has 4 nitrogen and oxygen atoms in total. The molecule has 4 N–H and O–H groups in total. The molecule has 17 heavy (non-hydrogen) atoms. The Labute approximate surface area is 102 Å². The summed E-state index contributed by atoms with van der Waals surface area (Å²) in [4.78, 5) is 6.64. The number of nitrogens with zero attached hydrogens (tertiary/aromatic N) is 2. The molecule has 4 heteroatoms. The number of likely N-dealkylation sites (tertiary alicyclic amines) is 1. The summed E-state index contributed by atoms with van der Waals surface area (Å²) >= 11 is 0. The molecule has 0 aliphatic carbocycles. The molecule has 0 amide bonds. The van der Waals surface area contributed by atoms with E-state index < -0.39 is 0 Å². The standard InChI is InChI=1S/C13H20N4/c14-13(15)16-10-12(17-8-4-5-9-17)11-6-2-1-3-7-11/h1-3,6-7,12H,4-5,8-10H2,(H4,14,15,16). The van der Waals surface area contributed by atoms with Crippen molar-refractivity contribution in [2.24, 2.45) is 16.5 Å². The molecule has 1 atom stereocenters. The van der Waals surface area contributed by atoms with Gasteiger partial charge in [0.15, 0.2) is 5.96 Å². The van der Waals surface area contributed by atoms with Crippen LogP contribution in [0.25, 0.3) is 0 Å². The topological polar surface area (TPSA) is 67.6 Å². The van der Waals surface area contributed by atoms with Crippen molar-refractivity contribution in [3.05, 3.63) is 35.9 Å². The third-order valence-corrected chi connectivity index (χ3v) is 3.21. The van der Waals surface area contributed by atoms with Gasteiger partial charge in [0.25, 0.3) is 0 Å². The first-order valence-electron chi connectivity index (χ1n) is 6.12. The maximum atomic E-state index is 5.43. The predicted octanol–water partition coefficient (Wildman–Crippen LogP) is 1.10. The third-order valence-electron chi connectivity index (χ3n) is 3.21. The first-order valence-corrected chi connectivity index (χ1v) is 6.12. The van der Waals surface area contributed by atoms with Crippen molar-refractivity contribution in [1.29, 1.82) is 0 Å². The second-order valence-corrected chi connectivity index (χ2v) is 4.44. The molecule has 2 rings (SSSR count). The largest absolute Gasteiger partial charge is 0.370 e. The SMILES string of the molecule is NC(N)=NCC(c1ccccc1)N1CCCC1. The maximum absolute atomic E-state index is 5.43. The smallest absolute Gasteiger partial charge is 0.185 e. The Bertz CT molecular complexity index is 364. The van der Waals surface area contributed by atoms with Crippen LogP contribution in [0.3, 0.4) is 0 Å². The van der Waals surface area contributed by atoms with Gasteiger partial charge in [-0.1, -0.05) is 30.3 Å². The van der Waals surface area contributed by atoms with Crippen LogP contribution < -0.4 is 11.5 Å². The minimum Gasteiger partial charge on any atom is -0.370 e. The van der Waals surface area contributed by atoms with Gasteiger partial charge in [0, 0.05) is 0 Å². The van der Waals surface area contributed by atoms with Gasteiger partial charge in [-0.15, -0.1) is 0 Å². The Kier molecular flexibility index (Phi) is 3.98. The maximum Gasteiger partial charge on any atom is 0.185 e. The Morgan fingerprint density at radius 3 is 2.41 bits per heavy atom. The predicted molar refractivity (Wildman–Crippen MR) is 70.7 cm³/mol. The monoisotopic (exact) mass is 232 g/mol. The van der Waals surface area contributed by atoms with Gasteiger partial charge in [0.1, 0.15) is 0 Å². The molecule has 1 aromatic carbocycles. The van der Waals surface area contributed by atoms with Crippen LogP contribution in [0.2, 0.25) is 0 Å². The van der Waals surface area contributed by atoms with E-state index in [0.717, 1.165) is 13.1 Å². The first kappa shape index (κ1) is 11.9. The summed E-state index contributed by atoms with van der Waals surface area (Å²) in [6, 6.07) is 10.8. The van der Waals surface area contributed by atoms with E-state index in [2.05, 4.69) is 34.2 Å². The second-order valence-electron chi connectivity index (χ2n) is 4.44. The highest BCUT2D eigenvalue weighted by Crippen LogP contribution is 2.25. The van der Waals surface area contributed by atoms with Crippen LogP contribution in [0.4, 0.5) is 0 Å². The van der Waals surface area contributed by atoms with Gasteiger partial charge in [0.2, 0.25) is 0 Å².